The molecule has 1 N–H and O–H groups in total. The molecule has 0 aliphatic carbocycles. The number of halogens is 3. The van der Waals surface area contributed by atoms with Crippen LogP contribution in [-0.4, -0.2) is 16.9 Å². The second-order valence-corrected chi connectivity index (χ2v) is 4.15. The smallest absolute Gasteiger partial charge is 0.355 e. The number of aromatic nitrogens is 1. The number of pyridine rings is 1. The number of hydrogen-bond acceptors (Lipinski definition) is 3. The fourth-order valence-electron chi connectivity index (χ4n) is 1.60. The summed E-state index contributed by atoms with van der Waals surface area (Å²) in [7, 11) is 0. The van der Waals surface area contributed by atoms with Crippen molar-refractivity contribution in [2.45, 2.75) is 6.18 Å². The van der Waals surface area contributed by atoms with Crippen molar-refractivity contribution in [2.75, 3.05) is 5.32 Å². The first-order chi connectivity index (χ1) is 9.97. The number of alkyl halides is 3. The zero-order valence-corrected chi connectivity index (χ0v) is 10.8. The highest BCUT2D eigenvalue weighted by molar-refractivity contribution is 6.02. The number of hydrogen-bond donors (Lipinski definition) is 1. The van der Waals surface area contributed by atoms with Gasteiger partial charge in [0.2, 0.25) is 0 Å². The van der Waals surface area contributed by atoms with Gasteiger partial charge < -0.3 is 5.32 Å². The lowest BCUT2D eigenvalue weighted by Crippen LogP contribution is -2.21. The van der Waals surface area contributed by atoms with E-state index in [1.54, 1.807) is 42.5 Å². The molecular formula is C15H11F3N2O. The molecule has 1 aromatic heterocycles. The first-order valence-corrected chi connectivity index (χ1v) is 6.02. The average molecular weight is 292 g/mol. The zero-order valence-electron chi connectivity index (χ0n) is 10.8. The molecule has 0 atom stereocenters. The Morgan fingerprint density at radius 2 is 1.81 bits per heavy atom. The Kier molecular flexibility index (Phi) is 4.37. The van der Waals surface area contributed by atoms with Crippen LogP contribution >= 0.6 is 0 Å². The van der Waals surface area contributed by atoms with Gasteiger partial charge in [0.05, 0.1) is 5.70 Å². The van der Waals surface area contributed by atoms with Gasteiger partial charge in [-0.15, -0.1) is 0 Å². The summed E-state index contributed by atoms with van der Waals surface area (Å²) in [6.45, 7) is 0. The van der Waals surface area contributed by atoms with Crippen LogP contribution in [0.2, 0.25) is 0 Å². The number of nitrogens with one attached hydrogen (secondary N) is 1. The number of benzene rings is 1. The summed E-state index contributed by atoms with van der Waals surface area (Å²) in [4.78, 5) is 15.0. The molecule has 108 valence electrons. The van der Waals surface area contributed by atoms with E-state index >= 15 is 0 Å². The molecule has 2 rings (SSSR count). The van der Waals surface area contributed by atoms with Crippen molar-refractivity contribution in [3.05, 3.63) is 66.5 Å². The van der Waals surface area contributed by atoms with Crippen LogP contribution in [0, 0.1) is 0 Å². The molecule has 0 aliphatic heterocycles. The maximum Gasteiger partial charge on any atom is 0.454 e. The molecule has 1 heterocycles. The lowest BCUT2D eigenvalue weighted by molar-refractivity contribution is -0.165. The van der Waals surface area contributed by atoms with Gasteiger partial charge in [0.15, 0.2) is 0 Å². The van der Waals surface area contributed by atoms with Crippen molar-refractivity contribution in [1.29, 1.82) is 0 Å². The van der Waals surface area contributed by atoms with Crippen molar-refractivity contribution in [3.63, 3.8) is 0 Å². The van der Waals surface area contributed by atoms with Gasteiger partial charge in [0.25, 0.3) is 5.78 Å². The summed E-state index contributed by atoms with van der Waals surface area (Å²) >= 11 is 0. The number of rotatable bonds is 4. The largest absolute Gasteiger partial charge is 0.454 e. The Bertz CT molecular complexity index is 637. The topological polar surface area (TPSA) is 42.0 Å². The van der Waals surface area contributed by atoms with E-state index in [0.29, 0.717) is 17.3 Å². The molecule has 1 aromatic carbocycles. The van der Waals surface area contributed by atoms with Crippen LogP contribution in [0.1, 0.15) is 5.56 Å². The molecule has 6 heteroatoms. The van der Waals surface area contributed by atoms with Crippen molar-refractivity contribution in [3.8, 4) is 0 Å². The number of para-hydroxylation sites is 1. The Labute approximate surface area is 119 Å². The van der Waals surface area contributed by atoms with Crippen LogP contribution in [0.4, 0.5) is 18.9 Å². The van der Waals surface area contributed by atoms with E-state index in [1.165, 1.54) is 12.4 Å². The third-order valence-electron chi connectivity index (χ3n) is 2.58. The third-order valence-corrected chi connectivity index (χ3v) is 2.58. The maximum atomic E-state index is 12.4. The number of carbonyl (C=O) groups excluding carboxylic acids is 1. The van der Waals surface area contributed by atoms with Crippen LogP contribution in [0.25, 0.3) is 5.70 Å². The van der Waals surface area contributed by atoms with E-state index in [2.05, 4.69) is 10.3 Å². The highest BCUT2D eigenvalue weighted by Crippen LogP contribution is 2.22. The predicted octanol–water partition coefficient (Wildman–Crippen LogP) is 3.67. The standard InChI is InChI=1S/C15H11F3N2O/c16-15(17,18)14(21)9-13(11-5-4-8-19-10-11)20-12-6-2-1-3-7-12/h1-10,20H/b13-9-. The van der Waals surface area contributed by atoms with Crippen LogP contribution in [0.3, 0.4) is 0 Å². The molecule has 0 spiro atoms. The molecular weight excluding hydrogens is 281 g/mol. The van der Waals surface area contributed by atoms with E-state index in [9.17, 15) is 18.0 Å². The molecule has 0 radical (unpaired) electrons. The quantitative estimate of drug-likeness (QED) is 0.874. The summed E-state index contributed by atoms with van der Waals surface area (Å²) < 4.78 is 37.3. The second-order valence-electron chi connectivity index (χ2n) is 4.15. The van der Waals surface area contributed by atoms with E-state index in [-0.39, 0.29) is 5.70 Å². The molecule has 0 aliphatic rings. The fraction of sp³-hybridized carbons (Fsp3) is 0.0667. The molecule has 3 nitrogen and oxygen atoms in total. The van der Waals surface area contributed by atoms with Crippen molar-refractivity contribution >= 4 is 17.2 Å². The first kappa shape index (κ1) is 14.8. The molecule has 0 amide bonds. The summed E-state index contributed by atoms with van der Waals surface area (Å²) in [5.74, 6) is -1.93. The Morgan fingerprint density at radius 1 is 1.10 bits per heavy atom. The molecule has 0 fully saturated rings. The Hall–Kier alpha value is -2.63. The fourth-order valence-corrected chi connectivity index (χ4v) is 1.60. The monoisotopic (exact) mass is 292 g/mol. The molecule has 0 saturated heterocycles. The van der Waals surface area contributed by atoms with Crippen molar-refractivity contribution in [1.82, 2.24) is 4.98 Å². The van der Waals surface area contributed by atoms with Crippen LogP contribution in [0.15, 0.2) is 60.9 Å². The SMILES string of the molecule is O=C(/C=C(\Nc1ccccc1)c1cccnc1)C(F)(F)F. The van der Waals surface area contributed by atoms with Crippen LogP contribution < -0.4 is 5.32 Å². The van der Waals surface area contributed by atoms with Gasteiger partial charge in [-0.2, -0.15) is 13.2 Å². The van der Waals surface area contributed by atoms with Crippen molar-refractivity contribution in [2.24, 2.45) is 0 Å². The zero-order chi connectivity index (χ0) is 15.3. The van der Waals surface area contributed by atoms with E-state index in [0.717, 1.165) is 0 Å². The molecule has 21 heavy (non-hydrogen) atoms. The minimum Gasteiger partial charge on any atom is -0.355 e. The second kappa shape index (κ2) is 6.21. The van der Waals surface area contributed by atoms with Gasteiger partial charge in [0, 0.05) is 29.7 Å². The first-order valence-electron chi connectivity index (χ1n) is 6.02. The average Bonchev–Trinajstić information content (AvgIpc) is 2.47. The minimum absolute atomic E-state index is 0.0385. The van der Waals surface area contributed by atoms with Crippen LogP contribution in [0.5, 0.6) is 0 Å². The van der Waals surface area contributed by atoms with Crippen LogP contribution in [-0.2, 0) is 4.79 Å². The Morgan fingerprint density at radius 3 is 2.38 bits per heavy atom. The van der Waals surface area contributed by atoms with Gasteiger partial charge in [-0.1, -0.05) is 18.2 Å². The number of nitrogens with zero attached hydrogens (tertiary/aromatic N) is 1. The molecule has 0 saturated carbocycles. The lowest BCUT2D eigenvalue weighted by atomic mass is 10.1. The van der Waals surface area contributed by atoms with Gasteiger partial charge in [0.1, 0.15) is 0 Å². The minimum atomic E-state index is -4.91. The number of anilines is 1. The molecule has 0 bridgehead atoms. The normalized spacial score (nSPS) is 12.0. The number of carbonyl (C=O) groups is 1. The van der Waals surface area contributed by atoms with E-state index in [4.69, 9.17) is 0 Å². The number of ketones is 1. The number of allylic oxidation sites excluding steroid dienone is 1. The summed E-state index contributed by atoms with van der Waals surface area (Å²) in [5, 5.41) is 2.80. The molecule has 0 unspecified atom stereocenters. The van der Waals surface area contributed by atoms with E-state index in [1.807, 2.05) is 0 Å². The van der Waals surface area contributed by atoms with E-state index < -0.39 is 12.0 Å². The maximum absolute atomic E-state index is 12.4. The van der Waals surface area contributed by atoms with Gasteiger partial charge in [-0.05, 0) is 24.3 Å². The summed E-state index contributed by atoms with van der Waals surface area (Å²) in [6.07, 6.45) is -1.50. The molecule has 2 aromatic rings. The van der Waals surface area contributed by atoms with Gasteiger partial charge >= 0.3 is 6.18 Å². The third kappa shape index (κ3) is 4.17. The van der Waals surface area contributed by atoms with Crippen molar-refractivity contribution < 1.29 is 18.0 Å². The lowest BCUT2D eigenvalue weighted by Gasteiger charge is -2.11. The predicted molar refractivity (Wildman–Crippen MR) is 73.3 cm³/mol. The van der Waals surface area contributed by atoms with Gasteiger partial charge in [-0.3, -0.25) is 9.78 Å². The Balaban J connectivity index is 2.36. The highest BCUT2D eigenvalue weighted by Gasteiger charge is 2.36. The van der Waals surface area contributed by atoms with Gasteiger partial charge in [-0.25, -0.2) is 0 Å². The summed E-state index contributed by atoms with van der Waals surface area (Å²) in [6, 6.07) is 11.7. The highest BCUT2D eigenvalue weighted by atomic mass is 19.4. The summed E-state index contributed by atoms with van der Waals surface area (Å²) in [5.41, 5.74) is 0.998.